The minimum Gasteiger partial charge on any atom is -0.411 e. The first kappa shape index (κ1) is 36.7. The van der Waals surface area contributed by atoms with E-state index < -0.39 is 8.32 Å². The quantitative estimate of drug-likeness (QED) is 0.104. The van der Waals surface area contributed by atoms with E-state index in [2.05, 4.69) is 64.2 Å². The van der Waals surface area contributed by atoms with Crippen LogP contribution in [0.2, 0.25) is 18.1 Å². The van der Waals surface area contributed by atoms with Crippen molar-refractivity contribution in [3.8, 4) is 0 Å². The molecule has 5 nitrogen and oxygen atoms in total. The third-order valence-corrected chi connectivity index (χ3v) is 14.7. The maximum absolute atomic E-state index is 9.48. The molecular weight excluding hydrogens is 552 g/mol. The molecule has 43 heavy (non-hydrogen) atoms. The summed E-state index contributed by atoms with van der Waals surface area (Å²) in [4.78, 5) is 0. The van der Waals surface area contributed by atoms with Crippen LogP contribution in [0.25, 0.3) is 0 Å². The second kappa shape index (κ2) is 19.7. The fourth-order valence-electron chi connectivity index (χ4n) is 6.34. The van der Waals surface area contributed by atoms with Crippen LogP contribution in [-0.4, -0.2) is 57.2 Å². The van der Waals surface area contributed by atoms with Crippen LogP contribution in [0.5, 0.6) is 0 Å². The standard InChI is InChI=1S/C37H66O5Si/c1-37(2,3)43(4,5)42-36(35-27-26-34(41-35)33-25-24-32(29-38)40-33)23-19-14-12-10-8-6-7-9-11-13-15-20-28-39-30-31-21-17-16-18-22-31/h16-18,21-22,32-36,38H,6-15,19-20,23-30H2,1-5H3/t32-,33-,34-,35-,36-/m1/s1. The van der Waals surface area contributed by atoms with E-state index in [1.165, 1.54) is 82.6 Å². The van der Waals surface area contributed by atoms with Crippen LogP contribution in [0.3, 0.4) is 0 Å². The van der Waals surface area contributed by atoms with Gasteiger partial charge in [0.15, 0.2) is 8.32 Å². The van der Waals surface area contributed by atoms with Crippen molar-refractivity contribution in [2.24, 2.45) is 0 Å². The van der Waals surface area contributed by atoms with Crippen LogP contribution >= 0.6 is 0 Å². The smallest absolute Gasteiger partial charge is 0.192 e. The molecule has 0 bridgehead atoms. The number of hydrogen-bond donors (Lipinski definition) is 1. The Hall–Kier alpha value is -0.763. The van der Waals surface area contributed by atoms with Gasteiger partial charge < -0.3 is 23.7 Å². The predicted molar refractivity (Wildman–Crippen MR) is 181 cm³/mol. The summed E-state index contributed by atoms with van der Waals surface area (Å²) in [6.07, 6.45) is 21.8. The highest BCUT2D eigenvalue weighted by atomic mass is 28.4. The summed E-state index contributed by atoms with van der Waals surface area (Å²) in [5.74, 6) is 0. The van der Waals surface area contributed by atoms with Crippen molar-refractivity contribution in [2.75, 3.05) is 13.2 Å². The lowest BCUT2D eigenvalue weighted by Gasteiger charge is -2.41. The summed E-state index contributed by atoms with van der Waals surface area (Å²) in [6, 6.07) is 10.5. The third kappa shape index (κ3) is 13.6. The first-order valence-electron chi connectivity index (χ1n) is 17.9. The molecule has 2 aliphatic rings. The van der Waals surface area contributed by atoms with Crippen molar-refractivity contribution in [2.45, 2.75) is 185 Å². The van der Waals surface area contributed by atoms with Crippen LogP contribution in [0.15, 0.2) is 30.3 Å². The maximum atomic E-state index is 9.48. The zero-order valence-corrected chi connectivity index (χ0v) is 29.5. The Bertz CT molecular complexity index is 841. The molecule has 0 spiro atoms. The highest BCUT2D eigenvalue weighted by molar-refractivity contribution is 6.74. The Morgan fingerprint density at radius 1 is 0.767 bits per heavy atom. The molecule has 6 heteroatoms. The van der Waals surface area contributed by atoms with Gasteiger partial charge in [-0.3, -0.25) is 0 Å². The van der Waals surface area contributed by atoms with E-state index in [0.29, 0.717) is 0 Å². The maximum Gasteiger partial charge on any atom is 0.192 e. The summed E-state index contributed by atoms with van der Waals surface area (Å²) in [7, 11) is -1.88. The molecule has 1 aromatic rings. The van der Waals surface area contributed by atoms with E-state index in [1.54, 1.807) is 0 Å². The fraction of sp³-hybridized carbons (Fsp3) is 0.838. The molecular formula is C37H66O5Si. The average Bonchev–Trinajstić information content (AvgIpc) is 3.66. The summed E-state index contributed by atoms with van der Waals surface area (Å²) < 4.78 is 25.5. The molecule has 248 valence electrons. The largest absolute Gasteiger partial charge is 0.411 e. The van der Waals surface area contributed by atoms with Gasteiger partial charge in [0.2, 0.25) is 0 Å². The van der Waals surface area contributed by atoms with Crippen LogP contribution in [-0.2, 0) is 25.2 Å². The molecule has 1 aromatic carbocycles. The first-order valence-corrected chi connectivity index (χ1v) is 20.8. The zero-order chi connectivity index (χ0) is 31.0. The fourth-order valence-corrected chi connectivity index (χ4v) is 7.72. The first-order chi connectivity index (χ1) is 20.7. The van der Waals surface area contributed by atoms with E-state index in [4.69, 9.17) is 18.6 Å². The lowest BCUT2D eigenvalue weighted by Crippen LogP contribution is -2.47. The van der Waals surface area contributed by atoms with Crippen LogP contribution in [0.4, 0.5) is 0 Å². The molecule has 1 N–H and O–H groups in total. The van der Waals surface area contributed by atoms with Crippen molar-refractivity contribution in [3.63, 3.8) is 0 Å². The summed E-state index contributed by atoms with van der Waals surface area (Å²) in [5.41, 5.74) is 1.27. The molecule has 3 rings (SSSR count). The van der Waals surface area contributed by atoms with Crippen LogP contribution in [0.1, 0.15) is 135 Å². The molecule has 0 amide bonds. The number of ether oxygens (including phenoxy) is 3. The van der Waals surface area contributed by atoms with Gasteiger partial charge >= 0.3 is 0 Å². The predicted octanol–water partition coefficient (Wildman–Crippen LogP) is 9.75. The van der Waals surface area contributed by atoms with E-state index in [-0.39, 0.29) is 42.2 Å². The average molecular weight is 619 g/mol. The minimum atomic E-state index is -1.88. The zero-order valence-electron chi connectivity index (χ0n) is 28.5. The Morgan fingerprint density at radius 2 is 1.33 bits per heavy atom. The second-order valence-corrected chi connectivity index (χ2v) is 19.6. The van der Waals surface area contributed by atoms with Gasteiger partial charge in [0.1, 0.15) is 0 Å². The molecule has 2 aliphatic heterocycles. The molecule has 2 fully saturated rings. The van der Waals surface area contributed by atoms with Gasteiger partial charge in [-0.1, -0.05) is 122 Å². The van der Waals surface area contributed by atoms with Gasteiger partial charge in [-0.15, -0.1) is 0 Å². The Kier molecular flexibility index (Phi) is 16.8. The number of unbranched alkanes of at least 4 members (excludes halogenated alkanes) is 11. The highest BCUT2D eigenvalue weighted by Crippen LogP contribution is 2.40. The Balaban J connectivity index is 1.21. The number of rotatable bonds is 22. The van der Waals surface area contributed by atoms with E-state index in [9.17, 15) is 5.11 Å². The van der Waals surface area contributed by atoms with Gasteiger partial charge in [0, 0.05) is 6.61 Å². The molecule has 0 aliphatic carbocycles. The van der Waals surface area contributed by atoms with Gasteiger partial charge in [0.05, 0.1) is 43.7 Å². The number of hydrogen-bond acceptors (Lipinski definition) is 5. The van der Waals surface area contributed by atoms with Gasteiger partial charge in [0.25, 0.3) is 0 Å². The van der Waals surface area contributed by atoms with Crippen LogP contribution in [0, 0.1) is 0 Å². The molecule has 0 aromatic heterocycles. The van der Waals surface area contributed by atoms with Gasteiger partial charge in [-0.25, -0.2) is 0 Å². The molecule has 5 atom stereocenters. The minimum absolute atomic E-state index is 0.00649. The SMILES string of the molecule is CC(C)(C)[Si](C)(C)O[C@H](CCCCCCCCCCCCCCOCc1ccccc1)[C@H]1CC[C@H]([C@H]2CC[C@H](CO)O2)O1. The summed E-state index contributed by atoms with van der Waals surface area (Å²) >= 11 is 0. The summed E-state index contributed by atoms with van der Waals surface area (Å²) in [6.45, 7) is 13.5. The number of aliphatic hydroxyl groups is 1. The van der Waals surface area contributed by atoms with E-state index >= 15 is 0 Å². The van der Waals surface area contributed by atoms with Crippen LogP contribution < -0.4 is 0 Å². The molecule has 2 saturated heterocycles. The summed E-state index contributed by atoms with van der Waals surface area (Å²) in [5, 5.41) is 9.67. The Morgan fingerprint density at radius 3 is 1.91 bits per heavy atom. The Labute approximate surface area is 265 Å². The van der Waals surface area contributed by atoms with Crippen molar-refractivity contribution >= 4 is 8.32 Å². The topological polar surface area (TPSA) is 57.2 Å². The normalized spacial score (nSPS) is 23.7. The van der Waals surface area contributed by atoms with E-state index in [1.807, 2.05) is 0 Å². The van der Waals surface area contributed by atoms with Gasteiger partial charge in [-0.05, 0) is 62.2 Å². The molecule has 0 unspecified atom stereocenters. The van der Waals surface area contributed by atoms with Crippen molar-refractivity contribution in [3.05, 3.63) is 35.9 Å². The van der Waals surface area contributed by atoms with Gasteiger partial charge in [-0.2, -0.15) is 0 Å². The molecule has 0 radical (unpaired) electrons. The number of benzene rings is 1. The van der Waals surface area contributed by atoms with E-state index in [0.717, 1.165) is 45.3 Å². The molecule has 0 saturated carbocycles. The highest BCUT2D eigenvalue weighted by Gasteiger charge is 2.44. The lowest BCUT2D eigenvalue weighted by atomic mass is 10.0. The van der Waals surface area contributed by atoms with Crippen molar-refractivity contribution < 1.29 is 23.7 Å². The second-order valence-electron chi connectivity index (χ2n) is 14.8. The lowest BCUT2D eigenvalue weighted by molar-refractivity contribution is -0.0958. The third-order valence-electron chi connectivity index (χ3n) is 10.1. The monoisotopic (exact) mass is 618 g/mol. The number of aliphatic hydroxyl groups excluding tert-OH is 1. The molecule has 2 heterocycles. The van der Waals surface area contributed by atoms with Crippen molar-refractivity contribution in [1.29, 1.82) is 0 Å². The van der Waals surface area contributed by atoms with Crippen molar-refractivity contribution in [1.82, 2.24) is 0 Å².